The molecule has 7 heteroatoms. The SMILES string of the molecule is O[C@@H]1CCC[C@H]1Nc1ccc(OC(F)(F)F)c(Br)c1. The highest BCUT2D eigenvalue weighted by Gasteiger charge is 2.32. The molecule has 0 bridgehead atoms. The first-order valence-corrected chi connectivity index (χ1v) is 6.64. The molecule has 1 aliphatic carbocycles. The molecule has 2 rings (SSSR count). The van der Waals surface area contributed by atoms with Gasteiger partial charge in [0, 0.05) is 5.69 Å². The van der Waals surface area contributed by atoms with Crippen LogP contribution in [0.15, 0.2) is 22.7 Å². The van der Waals surface area contributed by atoms with E-state index in [1.165, 1.54) is 18.2 Å². The van der Waals surface area contributed by atoms with Crippen LogP contribution in [0.5, 0.6) is 5.75 Å². The number of anilines is 1. The first kappa shape index (κ1) is 14.5. The summed E-state index contributed by atoms with van der Waals surface area (Å²) in [5, 5.41) is 12.8. The van der Waals surface area contributed by atoms with E-state index in [-0.39, 0.29) is 16.3 Å². The van der Waals surface area contributed by atoms with Crippen LogP contribution < -0.4 is 10.1 Å². The molecule has 0 saturated heterocycles. The number of hydrogen-bond donors (Lipinski definition) is 2. The van der Waals surface area contributed by atoms with Crippen LogP contribution in [0.4, 0.5) is 18.9 Å². The van der Waals surface area contributed by atoms with Crippen molar-refractivity contribution < 1.29 is 23.0 Å². The van der Waals surface area contributed by atoms with Gasteiger partial charge in [-0.15, -0.1) is 13.2 Å². The highest BCUT2D eigenvalue weighted by atomic mass is 79.9. The summed E-state index contributed by atoms with van der Waals surface area (Å²) in [7, 11) is 0. The van der Waals surface area contributed by atoms with Crippen molar-refractivity contribution in [2.24, 2.45) is 0 Å². The number of nitrogens with one attached hydrogen (secondary N) is 1. The lowest BCUT2D eigenvalue weighted by molar-refractivity contribution is -0.274. The van der Waals surface area contributed by atoms with Gasteiger partial charge in [-0.25, -0.2) is 0 Å². The molecule has 3 nitrogen and oxygen atoms in total. The molecule has 1 aliphatic rings. The minimum atomic E-state index is -4.71. The average molecular weight is 340 g/mol. The molecule has 2 N–H and O–H groups in total. The molecule has 2 atom stereocenters. The van der Waals surface area contributed by atoms with Gasteiger partial charge in [-0.2, -0.15) is 0 Å². The fourth-order valence-corrected chi connectivity index (χ4v) is 2.58. The predicted octanol–water partition coefficient (Wildman–Crippen LogP) is 3.67. The molecule has 0 amide bonds. The van der Waals surface area contributed by atoms with Gasteiger partial charge in [0.15, 0.2) is 0 Å². The number of rotatable bonds is 3. The van der Waals surface area contributed by atoms with E-state index >= 15 is 0 Å². The largest absolute Gasteiger partial charge is 0.573 e. The molecule has 1 aromatic carbocycles. The summed E-state index contributed by atoms with van der Waals surface area (Å²) in [6, 6.07) is 4.19. The molecule has 19 heavy (non-hydrogen) atoms. The van der Waals surface area contributed by atoms with E-state index < -0.39 is 12.5 Å². The van der Waals surface area contributed by atoms with Gasteiger partial charge < -0.3 is 15.2 Å². The Balaban J connectivity index is 2.06. The number of halogens is 4. The molecule has 0 unspecified atom stereocenters. The van der Waals surface area contributed by atoms with Gasteiger partial charge >= 0.3 is 6.36 Å². The van der Waals surface area contributed by atoms with E-state index in [0.717, 1.165) is 19.3 Å². The summed E-state index contributed by atoms with van der Waals surface area (Å²) >= 11 is 3.04. The van der Waals surface area contributed by atoms with E-state index in [4.69, 9.17) is 0 Å². The predicted molar refractivity (Wildman–Crippen MR) is 68.1 cm³/mol. The average Bonchev–Trinajstić information content (AvgIpc) is 2.67. The summed E-state index contributed by atoms with van der Waals surface area (Å²) in [6.45, 7) is 0. The second-order valence-corrected chi connectivity index (χ2v) is 5.30. The van der Waals surface area contributed by atoms with Gasteiger partial charge in [0.25, 0.3) is 0 Å². The van der Waals surface area contributed by atoms with Crippen molar-refractivity contribution in [3.63, 3.8) is 0 Å². The first-order valence-electron chi connectivity index (χ1n) is 5.85. The number of benzene rings is 1. The third kappa shape index (κ3) is 4.01. The number of hydrogen-bond acceptors (Lipinski definition) is 3. The summed E-state index contributed by atoms with van der Waals surface area (Å²) in [6.07, 6.45) is -2.59. The summed E-state index contributed by atoms with van der Waals surface area (Å²) in [5.74, 6) is -0.287. The molecule has 1 saturated carbocycles. The summed E-state index contributed by atoms with van der Waals surface area (Å²) in [5.41, 5.74) is 0.646. The number of aliphatic hydroxyl groups is 1. The van der Waals surface area contributed by atoms with Crippen LogP contribution in [0.1, 0.15) is 19.3 Å². The zero-order valence-corrected chi connectivity index (χ0v) is 11.5. The van der Waals surface area contributed by atoms with Crippen molar-refractivity contribution in [1.82, 2.24) is 0 Å². The van der Waals surface area contributed by atoms with Crippen molar-refractivity contribution in [3.8, 4) is 5.75 Å². The van der Waals surface area contributed by atoms with Gasteiger partial charge in [-0.3, -0.25) is 0 Å². The Morgan fingerprint density at radius 3 is 2.58 bits per heavy atom. The monoisotopic (exact) mass is 339 g/mol. The van der Waals surface area contributed by atoms with Gasteiger partial charge in [0.1, 0.15) is 5.75 Å². The van der Waals surface area contributed by atoms with Crippen LogP contribution >= 0.6 is 15.9 Å². The lowest BCUT2D eigenvalue weighted by Crippen LogP contribution is -2.27. The van der Waals surface area contributed by atoms with Gasteiger partial charge in [-0.1, -0.05) is 0 Å². The Kier molecular flexibility index (Phi) is 4.25. The minimum absolute atomic E-state index is 0.0544. The van der Waals surface area contributed by atoms with E-state index in [1.807, 2.05) is 0 Å². The molecule has 0 aromatic heterocycles. The van der Waals surface area contributed by atoms with Crippen LogP contribution in [0.3, 0.4) is 0 Å². The molecular weight excluding hydrogens is 327 g/mol. The number of alkyl halides is 3. The normalized spacial score (nSPS) is 23.4. The van der Waals surface area contributed by atoms with Crippen molar-refractivity contribution in [2.75, 3.05) is 5.32 Å². The zero-order valence-electron chi connectivity index (χ0n) is 9.88. The van der Waals surface area contributed by atoms with E-state index in [9.17, 15) is 18.3 Å². The molecule has 1 fully saturated rings. The number of aliphatic hydroxyl groups excluding tert-OH is 1. The standard InChI is InChI=1S/C12H13BrF3NO2/c13-8-6-7(17-9-2-1-3-10(9)18)4-5-11(8)19-12(14,15)16/h4-6,9-10,17-18H,1-3H2/t9-,10-/m1/s1. The molecular formula is C12H13BrF3NO2. The third-order valence-corrected chi connectivity index (χ3v) is 3.61. The van der Waals surface area contributed by atoms with Crippen molar-refractivity contribution in [3.05, 3.63) is 22.7 Å². The van der Waals surface area contributed by atoms with Crippen molar-refractivity contribution in [1.29, 1.82) is 0 Å². The van der Waals surface area contributed by atoms with Crippen molar-refractivity contribution >= 4 is 21.6 Å². The van der Waals surface area contributed by atoms with Crippen LogP contribution in [0.25, 0.3) is 0 Å². The Labute approximate surface area is 116 Å². The van der Waals surface area contributed by atoms with Crippen LogP contribution in [0, 0.1) is 0 Å². The Hall–Kier alpha value is -0.950. The molecule has 0 radical (unpaired) electrons. The lowest BCUT2D eigenvalue weighted by atomic mass is 10.2. The van der Waals surface area contributed by atoms with Crippen molar-refractivity contribution in [2.45, 2.75) is 37.8 Å². The second kappa shape index (κ2) is 5.58. The van der Waals surface area contributed by atoms with E-state index in [2.05, 4.69) is 26.0 Å². The molecule has 0 aliphatic heterocycles. The third-order valence-electron chi connectivity index (χ3n) is 2.99. The highest BCUT2D eigenvalue weighted by molar-refractivity contribution is 9.10. The lowest BCUT2D eigenvalue weighted by Gasteiger charge is -2.18. The van der Waals surface area contributed by atoms with Crippen LogP contribution in [0.2, 0.25) is 0 Å². The second-order valence-electron chi connectivity index (χ2n) is 4.44. The molecule has 106 valence electrons. The maximum atomic E-state index is 12.1. The first-order chi connectivity index (χ1) is 8.85. The van der Waals surface area contributed by atoms with E-state index in [1.54, 1.807) is 0 Å². The van der Waals surface area contributed by atoms with Gasteiger partial charge in [0.2, 0.25) is 0 Å². The smallest absolute Gasteiger partial charge is 0.405 e. The molecule has 1 aromatic rings. The molecule has 0 heterocycles. The van der Waals surface area contributed by atoms with Gasteiger partial charge in [-0.05, 0) is 53.4 Å². The Morgan fingerprint density at radius 2 is 2.05 bits per heavy atom. The zero-order chi connectivity index (χ0) is 14.0. The summed E-state index contributed by atoms with van der Waals surface area (Å²) in [4.78, 5) is 0. The minimum Gasteiger partial charge on any atom is -0.405 e. The quantitative estimate of drug-likeness (QED) is 0.882. The maximum Gasteiger partial charge on any atom is 0.573 e. The highest BCUT2D eigenvalue weighted by Crippen LogP contribution is 2.33. The number of ether oxygens (including phenoxy) is 1. The Morgan fingerprint density at radius 1 is 1.32 bits per heavy atom. The van der Waals surface area contributed by atoms with E-state index in [0.29, 0.717) is 5.69 Å². The van der Waals surface area contributed by atoms with Crippen LogP contribution in [-0.4, -0.2) is 23.6 Å². The fourth-order valence-electron chi connectivity index (χ4n) is 2.12. The summed E-state index contributed by atoms with van der Waals surface area (Å²) < 4.78 is 40.4. The molecule has 0 spiro atoms. The fraction of sp³-hybridized carbons (Fsp3) is 0.500. The van der Waals surface area contributed by atoms with Gasteiger partial charge in [0.05, 0.1) is 16.6 Å². The maximum absolute atomic E-state index is 12.1. The topological polar surface area (TPSA) is 41.5 Å². The Bertz CT molecular complexity index is 453. The van der Waals surface area contributed by atoms with Crippen LogP contribution in [-0.2, 0) is 0 Å².